The van der Waals surface area contributed by atoms with Crippen LogP contribution in [0.3, 0.4) is 0 Å². The topological polar surface area (TPSA) is 17.1 Å². The van der Waals surface area contributed by atoms with Gasteiger partial charge in [-0.25, -0.2) is 0 Å². The van der Waals surface area contributed by atoms with Gasteiger partial charge in [0.15, 0.2) is 0 Å². The molecule has 0 spiro atoms. The molecule has 0 saturated heterocycles. The van der Waals surface area contributed by atoms with Gasteiger partial charge in [0.05, 0.1) is 0 Å². The lowest BCUT2D eigenvalue weighted by Crippen LogP contribution is -2.23. The van der Waals surface area contributed by atoms with Crippen molar-refractivity contribution in [2.75, 3.05) is 0 Å². The maximum atomic E-state index is 11.7. The molecule has 68 valence electrons. The van der Waals surface area contributed by atoms with Gasteiger partial charge >= 0.3 is 6.18 Å². The number of allylic oxidation sites excluding steroid dienone is 4. The van der Waals surface area contributed by atoms with Crippen molar-refractivity contribution >= 4 is 5.78 Å². The zero-order valence-electron chi connectivity index (χ0n) is 6.77. The third-order valence-corrected chi connectivity index (χ3v) is 1.15. The molecule has 0 atom stereocenters. The predicted octanol–water partition coefficient (Wildman–Crippen LogP) is 2.64. The van der Waals surface area contributed by atoms with E-state index in [1.165, 1.54) is 6.08 Å². The number of hydrogen-bond donors (Lipinski definition) is 0. The van der Waals surface area contributed by atoms with Gasteiger partial charge < -0.3 is 0 Å². The molecule has 4 heteroatoms. The highest BCUT2D eigenvalue weighted by molar-refractivity contribution is 5.99. The summed E-state index contributed by atoms with van der Waals surface area (Å²) in [5.74, 6) is -1.79. The minimum Gasteiger partial charge on any atom is -0.284 e. The molecule has 0 aliphatic heterocycles. The van der Waals surface area contributed by atoms with Gasteiger partial charge in [-0.2, -0.15) is 13.2 Å². The zero-order valence-corrected chi connectivity index (χ0v) is 6.77. The highest BCUT2D eigenvalue weighted by Gasteiger charge is 2.38. The minimum atomic E-state index is -4.76. The Balaban J connectivity index is 4.51. The molecule has 1 nitrogen and oxygen atoms in total. The Labute approximate surface area is 68.6 Å². The van der Waals surface area contributed by atoms with Crippen LogP contribution in [0.1, 0.15) is 13.8 Å². The van der Waals surface area contributed by atoms with Crippen LogP contribution in [0.25, 0.3) is 0 Å². The van der Waals surface area contributed by atoms with Crippen LogP contribution in [0.4, 0.5) is 13.2 Å². The summed E-state index contributed by atoms with van der Waals surface area (Å²) >= 11 is 0. The molecule has 0 saturated carbocycles. The van der Waals surface area contributed by atoms with Crippen LogP contribution in [-0.4, -0.2) is 12.0 Å². The number of hydrogen-bond acceptors (Lipinski definition) is 1. The summed E-state index contributed by atoms with van der Waals surface area (Å²) in [6.45, 7) is 2.79. The molecule has 0 amide bonds. The number of halogens is 3. The third kappa shape index (κ3) is 3.37. The largest absolute Gasteiger partial charge is 0.454 e. The van der Waals surface area contributed by atoms with E-state index in [2.05, 4.69) is 0 Å². The summed E-state index contributed by atoms with van der Waals surface area (Å²) in [7, 11) is 0. The monoisotopic (exact) mass is 178 g/mol. The third-order valence-electron chi connectivity index (χ3n) is 1.15. The number of rotatable bonds is 2. The lowest BCUT2D eigenvalue weighted by molar-refractivity contribution is -0.166. The van der Waals surface area contributed by atoms with Gasteiger partial charge in [-0.05, 0) is 13.8 Å². The van der Waals surface area contributed by atoms with Gasteiger partial charge in [0, 0.05) is 5.57 Å². The lowest BCUT2D eigenvalue weighted by Gasteiger charge is -2.03. The fourth-order valence-electron chi connectivity index (χ4n) is 0.540. The molecule has 0 radical (unpaired) electrons. The van der Waals surface area contributed by atoms with Crippen molar-refractivity contribution in [3.63, 3.8) is 0 Å². The van der Waals surface area contributed by atoms with Crippen LogP contribution in [0.15, 0.2) is 23.8 Å². The van der Waals surface area contributed by atoms with Crippen molar-refractivity contribution in [3.8, 4) is 0 Å². The normalized spacial score (nSPS) is 13.9. The van der Waals surface area contributed by atoms with Crippen LogP contribution < -0.4 is 0 Å². The molecular weight excluding hydrogens is 169 g/mol. The summed E-state index contributed by atoms with van der Waals surface area (Å²) < 4.78 is 35.1. The zero-order chi connectivity index (χ0) is 9.78. The molecule has 0 N–H and O–H groups in total. The molecular formula is C8H9F3O. The van der Waals surface area contributed by atoms with E-state index in [0.29, 0.717) is 0 Å². The Hall–Kier alpha value is -1.06. The highest BCUT2D eigenvalue weighted by atomic mass is 19.4. The van der Waals surface area contributed by atoms with Crippen LogP contribution in [0.5, 0.6) is 0 Å². The molecule has 0 unspecified atom stereocenters. The summed E-state index contributed by atoms with van der Waals surface area (Å²) in [5, 5.41) is 0. The van der Waals surface area contributed by atoms with E-state index in [1.807, 2.05) is 0 Å². The fourth-order valence-corrected chi connectivity index (χ4v) is 0.540. The van der Waals surface area contributed by atoms with Gasteiger partial charge in [-0.15, -0.1) is 0 Å². The lowest BCUT2D eigenvalue weighted by atomic mass is 10.2. The van der Waals surface area contributed by atoms with Crippen molar-refractivity contribution in [1.29, 1.82) is 0 Å². The highest BCUT2D eigenvalue weighted by Crippen LogP contribution is 2.20. The first-order valence-corrected chi connectivity index (χ1v) is 3.30. The molecule has 0 aromatic rings. The second-order valence-electron chi connectivity index (χ2n) is 2.20. The number of alkyl halides is 3. The summed E-state index contributed by atoms with van der Waals surface area (Å²) in [5.41, 5.74) is -0.305. The minimum absolute atomic E-state index is 0.305. The van der Waals surface area contributed by atoms with Gasteiger partial charge in [0.2, 0.25) is 0 Å². The summed E-state index contributed by atoms with van der Waals surface area (Å²) in [6.07, 6.45) is -0.690. The second-order valence-corrected chi connectivity index (χ2v) is 2.20. The molecule has 0 aromatic heterocycles. The van der Waals surface area contributed by atoms with Crippen LogP contribution >= 0.6 is 0 Å². The summed E-state index contributed by atoms with van der Waals surface area (Å²) in [4.78, 5) is 10.4. The number of carbonyl (C=O) groups is 1. The van der Waals surface area contributed by atoms with Crippen molar-refractivity contribution < 1.29 is 18.0 Å². The quantitative estimate of drug-likeness (QED) is 0.469. The number of Topliss-reactive ketones (excluding diaryl/α,β-unsaturated/α-hetero) is 1. The number of carbonyl (C=O) groups excluding carboxylic acids is 1. The Morgan fingerprint density at radius 2 is 1.83 bits per heavy atom. The fraction of sp³-hybridized carbons (Fsp3) is 0.375. The van der Waals surface area contributed by atoms with E-state index >= 15 is 0 Å². The Kier molecular flexibility index (Phi) is 3.73. The average molecular weight is 178 g/mol. The number of ketones is 1. The van der Waals surface area contributed by atoms with Gasteiger partial charge in [0.25, 0.3) is 5.78 Å². The van der Waals surface area contributed by atoms with Crippen LogP contribution in [0.2, 0.25) is 0 Å². The first kappa shape index (κ1) is 10.9. The van der Waals surface area contributed by atoms with E-state index in [0.717, 1.165) is 13.0 Å². The molecule has 0 aliphatic carbocycles. The SMILES string of the molecule is C/C=C\C=C(/C)C(=O)C(F)(F)F. The van der Waals surface area contributed by atoms with Gasteiger partial charge in [-0.1, -0.05) is 18.2 Å². The van der Waals surface area contributed by atoms with E-state index in [-0.39, 0.29) is 5.57 Å². The predicted molar refractivity (Wildman–Crippen MR) is 39.6 cm³/mol. The van der Waals surface area contributed by atoms with Crippen molar-refractivity contribution in [2.24, 2.45) is 0 Å². The van der Waals surface area contributed by atoms with Crippen LogP contribution in [-0.2, 0) is 4.79 Å². The van der Waals surface area contributed by atoms with Crippen molar-refractivity contribution in [2.45, 2.75) is 20.0 Å². The first-order valence-electron chi connectivity index (χ1n) is 3.30. The Morgan fingerprint density at radius 3 is 2.17 bits per heavy atom. The Bertz CT molecular complexity index is 223. The van der Waals surface area contributed by atoms with E-state index < -0.39 is 12.0 Å². The molecule has 0 bridgehead atoms. The molecule has 0 fully saturated rings. The molecule has 0 aromatic carbocycles. The second kappa shape index (κ2) is 4.09. The van der Waals surface area contributed by atoms with E-state index in [4.69, 9.17) is 0 Å². The van der Waals surface area contributed by atoms with Crippen molar-refractivity contribution in [3.05, 3.63) is 23.8 Å². The maximum absolute atomic E-state index is 11.7. The maximum Gasteiger partial charge on any atom is 0.454 e. The molecule has 0 rings (SSSR count). The smallest absolute Gasteiger partial charge is 0.284 e. The molecule has 0 heterocycles. The van der Waals surface area contributed by atoms with Gasteiger partial charge in [0.1, 0.15) is 0 Å². The molecule has 12 heavy (non-hydrogen) atoms. The summed E-state index contributed by atoms with van der Waals surface area (Å²) in [6, 6.07) is 0. The van der Waals surface area contributed by atoms with Crippen LogP contribution in [0, 0.1) is 0 Å². The standard InChI is InChI=1S/C8H9F3O/c1-3-4-5-6(2)7(12)8(9,10)11/h3-5H,1-2H3/b4-3-,6-5+. The van der Waals surface area contributed by atoms with E-state index in [9.17, 15) is 18.0 Å². The van der Waals surface area contributed by atoms with Gasteiger partial charge in [-0.3, -0.25) is 4.79 Å². The van der Waals surface area contributed by atoms with E-state index in [1.54, 1.807) is 13.0 Å². The first-order chi connectivity index (χ1) is 5.39. The molecule has 0 aliphatic rings. The Morgan fingerprint density at radius 1 is 1.33 bits per heavy atom. The average Bonchev–Trinajstić information content (AvgIpc) is 1.97. The van der Waals surface area contributed by atoms with Crippen molar-refractivity contribution in [1.82, 2.24) is 0 Å².